The first-order valence-corrected chi connectivity index (χ1v) is 9.00. The van der Waals surface area contributed by atoms with E-state index in [1.54, 1.807) is 16.2 Å². The summed E-state index contributed by atoms with van der Waals surface area (Å²) >= 11 is 1.80. The van der Waals surface area contributed by atoms with Crippen LogP contribution >= 0.6 is 11.3 Å². The van der Waals surface area contributed by atoms with Crippen LogP contribution in [0.5, 0.6) is 0 Å². The highest BCUT2D eigenvalue weighted by Gasteiger charge is 2.38. The van der Waals surface area contributed by atoms with E-state index in [2.05, 4.69) is 27.3 Å². The van der Waals surface area contributed by atoms with Crippen LogP contribution in [0.3, 0.4) is 0 Å². The summed E-state index contributed by atoms with van der Waals surface area (Å²) < 4.78 is 0. The average molecular weight is 336 g/mol. The molecule has 3 amide bonds. The van der Waals surface area contributed by atoms with Crippen LogP contribution in [-0.4, -0.2) is 77.0 Å². The summed E-state index contributed by atoms with van der Waals surface area (Å²) in [5.74, 6) is -0.0821. The number of hydrogen-bond acceptors (Lipinski definition) is 5. The molecule has 0 atom stereocenters. The van der Waals surface area contributed by atoms with Crippen molar-refractivity contribution in [2.24, 2.45) is 0 Å². The van der Waals surface area contributed by atoms with Gasteiger partial charge in [0.25, 0.3) is 5.91 Å². The third kappa shape index (κ3) is 3.73. The van der Waals surface area contributed by atoms with Gasteiger partial charge in [-0.1, -0.05) is 6.07 Å². The Bertz CT molecular complexity index is 552. The van der Waals surface area contributed by atoms with Crippen LogP contribution in [0.1, 0.15) is 18.7 Å². The van der Waals surface area contributed by atoms with Gasteiger partial charge in [0.1, 0.15) is 6.54 Å². The Kier molecular flexibility index (Phi) is 4.99. The fourth-order valence-electron chi connectivity index (χ4n) is 3.14. The van der Waals surface area contributed by atoms with Crippen molar-refractivity contribution in [3.8, 4) is 0 Å². The summed E-state index contributed by atoms with van der Waals surface area (Å²) in [5, 5.41) is 2.11. The lowest BCUT2D eigenvalue weighted by molar-refractivity contribution is -0.126. The Balaban J connectivity index is 1.47. The summed E-state index contributed by atoms with van der Waals surface area (Å²) in [6.07, 6.45) is 0. The molecule has 0 radical (unpaired) electrons. The Morgan fingerprint density at radius 1 is 1.13 bits per heavy atom. The first-order valence-electron chi connectivity index (χ1n) is 8.12. The van der Waals surface area contributed by atoms with Crippen molar-refractivity contribution in [1.29, 1.82) is 0 Å². The molecule has 2 fully saturated rings. The highest BCUT2D eigenvalue weighted by molar-refractivity contribution is 7.09. The van der Waals surface area contributed by atoms with Crippen molar-refractivity contribution in [3.63, 3.8) is 0 Å². The molecule has 0 N–H and O–H groups in total. The van der Waals surface area contributed by atoms with E-state index in [-0.39, 0.29) is 24.5 Å². The molecule has 0 aliphatic carbocycles. The number of carbonyl (C=O) groups excluding carboxylic acids is 2. The van der Waals surface area contributed by atoms with Gasteiger partial charge in [0.05, 0.1) is 6.67 Å². The first-order chi connectivity index (χ1) is 11.0. The molecule has 0 spiro atoms. The molecular formula is C16H24N4O2S. The quantitative estimate of drug-likeness (QED) is 0.765. The second-order valence-corrected chi connectivity index (χ2v) is 7.49. The minimum absolute atomic E-state index is 0.0670. The maximum atomic E-state index is 12.3. The second kappa shape index (κ2) is 6.98. The van der Waals surface area contributed by atoms with Crippen molar-refractivity contribution in [2.75, 3.05) is 39.4 Å². The third-order valence-corrected chi connectivity index (χ3v) is 5.24. The Hall–Kier alpha value is -1.44. The first kappa shape index (κ1) is 16.4. The largest absolute Gasteiger partial charge is 0.328 e. The van der Waals surface area contributed by atoms with E-state index in [0.717, 1.165) is 32.7 Å². The maximum Gasteiger partial charge on any atom is 0.328 e. The standard InChI is InChI=1S/C16H24N4O2S/c1-13(2)20-15(21)11-19(16(20)22)12-18-7-5-17(6-8-18)10-14-4-3-9-23-14/h3-4,9,13H,5-8,10-12H2,1-2H3. The molecule has 1 aromatic heterocycles. The molecule has 7 heteroatoms. The summed E-state index contributed by atoms with van der Waals surface area (Å²) in [7, 11) is 0. The lowest BCUT2D eigenvalue weighted by Gasteiger charge is -2.36. The van der Waals surface area contributed by atoms with Gasteiger partial charge in [-0.15, -0.1) is 11.3 Å². The number of imide groups is 1. The van der Waals surface area contributed by atoms with E-state index < -0.39 is 0 Å². The Labute approximate surface area is 141 Å². The van der Waals surface area contributed by atoms with Gasteiger partial charge in [-0.05, 0) is 25.3 Å². The molecule has 2 aliphatic heterocycles. The van der Waals surface area contributed by atoms with Crippen LogP contribution in [0.15, 0.2) is 17.5 Å². The van der Waals surface area contributed by atoms with Crippen molar-refractivity contribution in [1.82, 2.24) is 19.6 Å². The number of hydrogen-bond donors (Lipinski definition) is 0. The van der Waals surface area contributed by atoms with Gasteiger partial charge >= 0.3 is 6.03 Å². The van der Waals surface area contributed by atoms with E-state index in [1.807, 2.05) is 13.8 Å². The molecule has 126 valence electrons. The lowest BCUT2D eigenvalue weighted by atomic mass is 10.3. The predicted molar refractivity (Wildman–Crippen MR) is 90.1 cm³/mol. The molecule has 2 aliphatic rings. The average Bonchev–Trinajstić information content (AvgIpc) is 3.10. The van der Waals surface area contributed by atoms with Crippen molar-refractivity contribution in [2.45, 2.75) is 26.4 Å². The molecule has 23 heavy (non-hydrogen) atoms. The third-order valence-electron chi connectivity index (χ3n) is 4.38. The van der Waals surface area contributed by atoms with E-state index in [1.165, 1.54) is 9.78 Å². The topological polar surface area (TPSA) is 47.1 Å². The Morgan fingerprint density at radius 3 is 2.39 bits per heavy atom. The second-order valence-electron chi connectivity index (χ2n) is 6.45. The maximum absolute atomic E-state index is 12.3. The number of carbonyl (C=O) groups is 2. The van der Waals surface area contributed by atoms with E-state index in [9.17, 15) is 9.59 Å². The SMILES string of the molecule is CC(C)N1C(=O)CN(CN2CCN(Cc3cccs3)CC2)C1=O. The van der Waals surface area contributed by atoms with Crippen LogP contribution in [0, 0.1) is 0 Å². The van der Waals surface area contributed by atoms with Gasteiger partial charge in [-0.25, -0.2) is 4.79 Å². The molecule has 0 bridgehead atoms. The van der Waals surface area contributed by atoms with Gasteiger partial charge in [0, 0.05) is 43.6 Å². The number of amides is 3. The van der Waals surface area contributed by atoms with E-state index in [0.29, 0.717) is 6.67 Å². The van der Waals surface area contributed by atoms with Gasteiger partial charge in [-0.3, -0.25) is 19.5 Å². The van der Waals surface area contributed by atoms with Crippen LogP contribution < -0.4 is 0 Å². The van der Waals surface area contributed by atoms with Crippen LogP contribution in [0.4, 0.5) is 4.79 Å². The lowest BCUT2D eigenvalue weighted by Crippen LogP contribution is -2.50. The molecule has 3 rings (SSSR count). The summed E-state index contributed by atoms with van der Waals surface area (Å²) in [4.78, 5) is 33.4. The van der Waals surface area contributed by atoms with Crippen molar-refractivity contribution in [3.05, 3.63) is 22.4 Å². The fraction of sp³-hybridized carbons (Fsp3) is 0.625. The number of rotatable bonds is 5. The van der Waals surface area contributed by atoms with Gasteiger partial charge in [0.2, 0.25) is 0 Å². The number of nitrogens with zero attached hydrogens (tertiary/aromatic N) is 4. The van der Waals surface area contributed by atoms with E-state index in [4.69, 9.17) is 0 Å². The fourth-order valence-corrected chi connectivity index (χ4v) is 3.88. The van der Waals surface area contributed by atoms with Gasteiger partial charge < -0.3 is 4.90 Å². The Morgan fingerprint density at radius 2 is 1.83 bits per heavy atom. The normalized spacial score (nSPS) is 21.0. The summed E-state index contributed by atoms with van der Waals surface area (Å²) in [6, 6.07) is 4.05. The van der Waals surface area contributed by atoms with Crippen molar-refractivity contribution < 1.29 is 9.59 Å². The van der Waals surface area contributed by atoms with Crippen molar-refractivity contribution >= 4 is 23.3 Å². The highest BCUT2D eigenvalue weighted by atomic mass is 32.1. The zero-order valence-corrected chi connectivity index (χ0v) is 14.6. The summed E-state index contributed by atoms with van der Waals surface area (Å²) in [5.41, 5.74) is 0. The zero-order chi connectivity index (χ0) is 16.4. The van der Waals surface area contributed by atoms with Gasteiger partial charge in [0.15, 0.2) is 0 Å². The molecular weight excluding hydrogens is 312 g/mol. The van der Waals surface area contributed by atoms with Crippen LogP contribution in [-0.2, 0) is 11.3 Å². The number of thiophene rings is 1. The molecule has 2 saturated heterocycles. The number of urea groups is 1. The van der Waals surface area contributed by atoms with Crippen LogP contribution in [0.25, 0.3) is 0 Å². The smallest absolute Gasteiger partial charge is 0.302 e. The molecule has 0 saturated carbocycles. The van der Waals surface area contributed by atoms with Crippen LogP contribution in [0.2, 0.25) is 0 Å². The zero-order valence-electron chi connectivity index (χ0n) is 13.8. The molecule has 1 aromatic rings. The molecule has 0 unspecified atom stereocenters. The molecule has 0 aromatic carbocycles. The molecule has 6 nitrogen and oxygen atoms in total. The minimum atomic E-state index is -0.147. The van der Waals surface area contributed by atoms with E-state index >= 15 is 0 Å². The van der Waals surface area contributed by atoms with Gasteiger partial charge in [-0.2, -0.15) is 0 Å². The minimum Gasteiger partial charge on any atom is -0.302 e. The monoisotopic (exact) mass is 336 g/mol. The highest BCUT2D eigenvalue weighted by Crippen LogP contribution is 2.16. The summed E-state index contributed by atoms with van der Waals surface area (Å²) in [6.45, 7) is 9.41. The number of piperazine rings is 1. The predicted octanol–water partition coefficient (Wildman–Crippen LogP) is 1.50. The molecule has 3 heterocycles.